The van der Waals surface area contributed by atoms with E-state index in [2.05, 4.69) is 6.66 Å². The van der Waals surface area contributed by atoms with Gasteiger partial charge in [-0.15, -0.1) is 0 Å². The third kappa shape index (κ3) is 1.21. The molecule has 0 aromatic rings. The van der Waals surface area contributed by atoms with Crippen LogP contribution in [0, 0.1) is 11.8 Å². The fourth-order valence-electron chi connectivity index (χ4n) is 5.77. The third-order valence-electron chi connectivity index (χ3n) is 6.83. The van der Waals surface area contributed by atoms with Crippen LogP contribution in [-0.2, 0) is 0 Å². The van der Waals surface area contributed by atoms with Crippen LogP contribution in [0.1, 0.15) is 64.2 Å². The summed E-state index contributed by atoms with van der Waals surface area (Å²) < 4.78 is 0. The zero-order valence-electron chi connectivity index (χ0n) is 10.7. The van der Waals surface area contributed by atoms with Crippen LogP contribution in [0.15, 0.2) is 0 Å². The Hall–Kier alpha value is 0.430. The topological polar surface area (TPSA) is 0 Å². The first-order chi connectivity index (χ1) is 7.73. The molecule has 4 saturated carbocycles. The van der Waals surface area contributed by atoms with E-state index in [1.807, 2.05) is 0 Å². The van der Waals surface area contributed by atoms with Gasteiger partial charge in [-0.1, -0.05) is 7.92 Å². The lowest BCUT2D eigenvalue weighted by molar-refractivity contribution is 0.474. The highest BCUT2D eigenvalue weighted by Gasteiger charge is 2.57. The maximum absolute atomic E-state index is 2.72. The Labute approximate surface area is 101 Å². The summed E-state index contributed by atoms with van der Waals surface area (Å²) in [7, 11) is 0.332. The quantitative estimate of drug-likeness (QED) is 0.606. The molecule has 0 aromatic heterocycles. The molecule has 0 N–H and O–H groups in total. The fraction of sp³-hybridized carbons (Fsp3) is 1.00. The van der Waals surface area contributed by atoms with Crippen molar-refractivity contribution in [3.63, 3.8) is 0 Å². The van der Waals surface area contributed by atoms with Crippen LogP contribution in [-0.4, -0.2) is 17.0 Å². The standard InChI is InChI=1S/C15H25P/c1-16(14-6-2-12(10-14)3-7-14)15-8-4-13(11-15)5-9-15/h12-13H,2-11H2,1H3. The molecule has 0 amide bonds. The summed E-state index contributed by atoms with van der Waals surface area (Å²) >= 11 is 0. The Balaban J connectivity index is 1.63. The smallest absolute Gasteiger partial charge is 0.00891 e. The van der Waals surface area contributed by atoms with Gasteiger partial charge in [-0.2, -0.15) is 0 Å². The Bertz CT molecular complexity index is 263. The summed E-state index contributed by atoms with van der Waals surface area (Å²) in [6.45, 7) is 2.72. The van der Waals surface area contributed by atoms with E-state index in [4.69, 9.17) is 0 Å². The van der Waals surface area contributed by atoms with Crippen LogP contribution in [0.25, 0.3) is 0 Å². The van der Waals surface area contributed by atoms with Crippen molar-refractivity contribution in [1.29, 1.82) is 0 Å². The molecule has 4 fully saturated rings. The van der Waals surface area contributed by atoms with Crippen molar-refractivity contribution in [2.24, 2.45) is 11.8 Å². The van der Waals surface area contributed by atoms with Gasteiger partial charge in [0.15, 0.2) is 0 Å². The van der Waals surface area contributed by atoms with Gasteiger partial charge in [-0.05, 0) is 93.0 Å². The molecule has 0 aromatic carbocycles. The van der Waals surface area contributed by atoms with Gasteiger partial charge in [0.2, 0.25) is 0 Å². The third-order valence-corrected chi connectivity index (χ3v) is 10.9. The maximum atomic E-state index is 2.72. The lowest BCUT2D eigenvalue weighted by Crippen LogP contribution is -2.32. The van der Waals surface area contributed by atoms with E-state index in [0.29, 0.717) is 7.92 Å². The second kappa shape index (κ2) is 3.25. The summed E-state index contributed by atoms with van der Waals surface area (Å²) in [5.74, 6) is 2.31. The van der Waals surface area contributed by atoms with Gasteiger partial charge in [0, 0.05) is 0 Å². The number of fused-ring (bicyclic) bond motifs is 4. The molecule has 0 unspecified atom stereocenters. The first-order valence-electron chi connectivity index (χ1n) is 7.47. The summed E-state index contributed by atoms with van der Waals surface area (Å²) in [4.78, 5) is 0. The Morgan fingerprint density at radius 2 is 1.12 bits per heavy atom. The summed E-state index contributed by atoms with van der Waals surface area (Å²) in [5.41, 5.74) is 0. The highest BCUT2D eigenvalue weighted by Crippen LogP contribution is 2.75. The van der Waals surface area contributed by atoms with E-state index in [-0.39, 0.29) is 0 Å². The first kappa shape index (κ1) is 10.4. The molecule has 0 spiro atoms. The van der Waals surface area contributed by atoms with Crippen LogP contribution in [0.2, 0.25) is 0 Å². The Morgan fingerprint density at radius 3 is 1.38 bits per heavy atom. The molecule has 4 rings (SSSR count). The molecular weight excluding hydrogens is 211 g/mol. The van der Waals surface area contributed by atoms with E-state index in [1.165, 1.54) is 0 Å². The average molecular weight is 236 g/mol. The highest BCUT2D eigenvalue weighted by molar-refractivity contribution is 7.60. The Morgan fingerprint density at radius 1 is 0.750 bits per heavy atom. The lowest BCUT2D eigenvalue weighted by atomic mass is 9.99. The summed E-state index contributed by atoms with van der Waals surface area (Å²) in [5, 5.41) is 1.78. The second-order valence-electron chi connectivity index (χ2n) is 7.30. The van der Waals surface area contributed by atoms with Gasteiger partial charge < -0.3 is 0 Å². The van der Waals surface area contributed by atoms with Crippen molar-refractivity contribution in [1.82, 2.24) is 0 Å². The van der Waals surface area contributed by atoms with Crippen LogP contribution in [0.3, 0.4) is 0 Å². The van der Waals surface area contributed by atoms with E-state index < -0.39 is 0 Å². The van der Waals surface area contributed by atoms with Gasteiger partial charge >= 0.3 is 0 Å². The van der Waals surface area contributed by atoms with Crippen molar-refractivity contribution in [3.05, 3.63) is 0 Å². The molecular formula is C15H25P. The molecule has 16 heavy (non-hydrogen) atoms. The van der Waals surface area contributed by atoms with E-state index >= 15 is 0 Å². The van der Waals surface area contributed by atoms with Crippen molar-refractivity contribution in [2.75, 3.05) is 6.66 Å². The summed E-state index contributed by atoms with van der Waals surface area (Å²) in [6.07, 6.45) is 16.1. The number of rotatable bonds is 2. The zero-order chi connectivity index (χ0) is 10.8. The van der Waals surface area contributed by atoms with Crippen molar-refractivity contribution in [2.45, 2.75) is 74.5 Å². The fourth-order valence-corrected chi connectivity index (χ4v) is 9.70. The lowest BCUT2D eigenvalue weighted by Gasteiger charge is -2.45. The van der Waals surface area contributed by atoms with Crippen molar-refractivity contribution < 1.29 is 0 Å². The molecule has 0 saturated heterocycles. The SMILES string of the molecule is CP(C12CCC(CC1)C2)C12CCC(CC1)C2. The van der Waals surface area contributed by atoms with Crippen LogP contribution in [0.5, 0.6) is 0 Å². The molecule has 1 heteroatoms. The molecule has 4 bridgehead atoms. The molecule has 0 nitrogen and oxygen atoms in total. The predicted octanol–water partition coefficient (Wildman–Crippen LogP) is 4.76. The monoisotopic (exact) mass is 236 g/mol. The normalized spacial score (nSPS) is 56.1. The minimum Gasteiger partial charge on any atom is -0.0971 e. The maximum Gasteiger partial charge on any atom is -0.00891 e. The van der Waals surface area contributed by atoms with E-state index in [9.17, 15) is 0 Å². The van der Waals surface area contributed by atoms with Gasteiger partial charge in [0.25, 0.3) is 0 Å². The highest BCUT2D eigenvalue weighted by atomic mass is 31.1. The molecule has 4 aliphatic rings. The van der Waals surface area contributed by atoms with Gasteiger partial charge in [-0.3, -0.25) is 0 Å². The van der Waals surface area contributed by atoms with Gasteiger partial charge in [0.1, 0.15) is 0 Å². The molecule has 0 atom stereocenters. The molecule has 4 aliphatic carbocycles. The second-order valence-corrected chi connectivity index (χ2v) is 10.3. The van der Waals surface area contributed by atoms with E-state index in [0.717, 1.165) is 22.1 Å². The average Bonchev–Trinajstić information content (AvgIpc) is 3.08. The van der Waals surface area contributed by atoms with Gasteiger partial charge in [0.05, 0.1) is 0 Å². The Kier molecular flexibility index (Phi) is 2.11. The predicted molar refractivity (Wildman–Crippen MR) is 71.5 cm³/mol. The minimum absolute atomic E-state index is 0.332. The van der Waals surface area contributed by atoms with Crippen LogP contribution in [0.4, 0.5) is 0 Å². The number of hydrogen-bond donors (Lipinski definition) is 0. The molecule has 0 aliphatic heterocycles. The molecule has 0 radical (unpaired) electrons. The summed E-state index contributed by atoms with van der Waals surface area (Å²) in [6, 6.07) is 0. The minimum atomic E-state index is 0.332. The van der Waals surface area contributed by atoms with Crippen LogP contribution < -0.4 is 0 Å². The van der Waals surface area contributed by atoms with Crippen LogP contribution >= 0.6 is 7.92 Å². The first-order valence-corrected chi connectivity index (χ1v) is 9.25. The van der Waals surface area contributed by atoms with E-state index in [1.54, 1.807) is 64.2 Å². The van der Waals surface area contributed by atoms with Crippen molar-refractivity contribution in [3.8, 4) is 0 Å². The van der Waals surface area contributed by atoms with Crippen molar-refractivity contribution >= 4 is 7.92 Å². The van der Waals surface area contributed by atoms with Gasteiger partial charge in [-0.25, -0.2) is 0 Å². The zero-order valence-corrected chi connectivity index (χ0v) is 11.6. The molecule has 90 valence electrons. The molecule has 0 heterocycles. The largest absolute Gasteiger partial charge is 0.0971 e. The number of hydrogen-bond acceptors (Lipinski definition) is 0.